The lowest BCUT2D eigenvalue weighted by atomic mass is 10.0. The molecule has 0 fully saturated rings. The van der Waals surface area contributed by atoms with Crippen molar-refractivity contribution < 1.29 is 4.74 Å². The number of halogens is 1. The molecule has 1 aromatic rings. The fraction of sp³-hybridized carbons (Fsp3) is 0.571. The summed E-state index contributed by atoms with van der Waals surface area (Å²) in [4.78, 5) is 0. The molecule has 0 atom stereocenters. The lowest BCUT2D eigenvalue weighted by Crippen LogP contribution is -2.40. The molecule has 1 N–H and O–H groups in total. The Kier molecular flexibility index (Phi) is 5.96. The largest absolute Gasteiger partial charge is 0.375 e. The molecule has 0 spiro atoms. The Hall–Kier alpha value is -0.570. The Labute approximate surface area is 109 Å². The molecule has 0 saturated heterocycles. The first-order valence-electron chi connectivity index (χ1n) is 6.11. The van der Waals surface area contributed by atoms with Crippen LogP contribution in [0.3, 0.4) is 0 Å². The van der Waals surface area contributed by atoms with Crippen LogP contribution in [0.25, 0.3) is 0 Å². The van der Waals surface area contributed by atoms with Crippen molar-refractivity contribution in [1.82, 2.24) is 5.32 Å². The molecule has 1 rings (SSSR count). The van der Waals surface area contributed by atoms with Gasteiger partial charge in [-0.15, -0.1) is 0 Å². The van der Waals surface area contributed by atoms with Crippen molar-refractivity contribution in [2.75, 3.05) is 13.2 Å². The molecule has 96 valence electrons. The van der Waals surface area contributed by atoms with Gasteiger partial charge in [0, 0.05) is 17.1 Å². The monoisotopic (exact) mass is 255 g/mol. The fourth-order valence-corrected chi connectivity index (χ4v) is 1.48. The Morgan fingerprint density at radius 3 is 2.47 bits per heavy atom. The van der Waals surface area contributed by atoms with Crippen LogP contribution in [-0.4, -0.2) is 18.7 Å². The summed E-state index contributed by atoms with van der Waals surface area (Å²) in [6.07, 6.45) is 1.12. The van der Waals surface area contributed by atoms with E-state index in [1.54, 1.807) is 0 Å². The summed E-state index contributed by atoms with van der Waals surface area (Å²) >= 11 is 5.81. The number of hydrogen-bond donors (Lipinski definition) is 1. The lowest BCUT2D eigenvalue weighted by Gasteiger charge is -2.24. The maximum Gasteiger partial charge on any atom is 0.0717 e. The highest BCUT2D eigenvalue weighted by atomic mass is 35.5. The van der Waals surface area contributed by atoms with E-state index in [1.165, 1.54) is 0 Å². The Bertz CT molecular complexity index is 321. The number of nitrogens with one attached hydrogen (secondary N) is 1. The second-order valence-corrected chi connectivity index (χ2v) is 5.28. The Morgan fingerprint density at radius 2 is 1.88 bits per heavy atom. The van der Waals surface area contributed by atoms with Crippen molar-refractivity contribution in [3.05, 3.63) is 34.9 Å². The molecular formula is C14H22ClNO. The highest BCUT2D eigenvalue weighted by molar-refractivity contribution is 6.30. The first-order valence-corrected chi connectivity index (χ1v) is 6.48. The number of ether oxygens (including phenoxy) is 1. The van der Waals surface area contributed by atoms with Crippen molar-refractivity contribution >= 4 is 11.6 Å². The van der Waals surface area contributed by atoms with Crippen molar-refractivity contribution in [2.24, 2.45) is 0 Å². The molecule has 2 nitrogen and oxygen atoms in total. The third kappa shape index (κ3) is 6.06. The number of rotatable bonds is 7. The van der Waals surface area contributed by atoms with Crippen LogP contribution in [0.15, 0.2) is 24.3 Å². The van der Waals surface area contributed by atoms with Crippen molar-refractivity contribution in [2.45, 2.75) is 39.3 Å². The molecule has 3 heteroatoms. The first-order chi connectivity index (χ1) is 8.03. The van der Waals surface area contributed by atoms with E-state index in [0.717, 1.165) is 30.2 Å². The summed E-state index contributed by atoms with van der Waals surface area (Å²) in [6, 6.07) is 7.76. The normalized spacial score (nSPS) is 11.8. The predicted molar refractivity (Wildman–Crippen MR) is 73.5 cm³/mol. The second-order valence-electron chi connectivity index (χ2n) is 4.84. The zero-order chi connectivity index (χ0) is 12.7. The third-order valence-electron chi connectivity index (χ3n) is 2.92. The predicted octanol–water partition coefficient (Wildman–Crippen LogP) is 3.63. The second kappa shape index (κ2) is 7.00. The van der Waals surface area contributed by atoms with Gasteiger partial charge < -0.3 is 10.1 Å². The van der Waals surface area contributed by atoms with Crippen molar-refractivity contribution in [1.29, 1.82) is 0 Å². The van der Waals surface area contributed by atoms with Gasteiger partial charge >= 0.3 is 0 Å². The molecule has 0 aliphatic rings. The van der Waals surface area contributed by atoms with E-state index in [4.69, 9.17) is 16.3 Å². The number of hydrogen-bond acceptors (Lipinski definition) is 2. The maximum atomic E-state index is 5.81. The summed E-state index contributed by atoms with van der Waals surface area (Å²) in [7, 11) is 0. The molecule has 0 heterocycles. The van der Waals surface area contributed by atoms with Gasteiger partial charge in [0.15, 0.2) is 0 Å². The van der Waals surface area contributed by atoms with Crippen LogP contribution in [-0.2, 0) is 11.3 Å². The zero-order valence-electron chi connectivity index (χ0n) is 10.9. The SMILES string of the molecule is CCC(C)(C)NCCOCc1ccc(Cl)cc1. The molecule has 0 bridgehead atoms. The fourth-order valence-electron chi connectivity index (χ4n) is 1.36. The van der Waals surface area contributed by atoms with E-state index in [1.807, 2.05) is 24.3 Å². The topological polar surface area (TPSA) is 21.3 Å². The molecule has 17 heavy (non-hydrogen) atoms. The quantitative estimate of drug-likeness (QED) is 0.752. The molecule has 0 saturated carbocycles. The minimum Gasteiger partial charge on any atom is -0.375 e. The van der Waals surface area contributed by atoms with Crippen molar-refractivity contribution in [3.8, 4) is 0 Å². The van der Waals surface area contributed by atoms with E-state index in [0.29, 0.717) is 6.61 Å². The van der Waals surface area contributed by atoms with Crippen LogP contribution in [0.5, 0.6) is 0 Å². The van der Waals surface area contributed by atoms with Gasteiger partial charge in [-0.25, -0.2) is 0 Å². The Balaban J connectivity index is 2.14. The van der Waals surface area contributed by atoms with Crippen LogP contribution in [0.4, 0.5) is 0 Å². The summed E-state index contributed by atoms with van der Waals surface area (Å²) in [5.74, 6) is 0. The average molecular weight is 256 g/mol. The van der Waals surface area contributed by atoms with E-state index >= 15 is 0 Å². The molecule has 0 aromatic heterocycles. The van der Waals surface area contributed by atoms with E-state index in [-0.39, 0.29) is 5.54 Å². The lowest BCUT2D eigenvalue weighted by molar-refractivity contribution is 0.117. The van der Waals surface area contributed by atoms with Crippen LogP contribution in [0.1, 0.15) is 32.8 Å². The minimum atomic E-state index is 0.198. The first kappa shape index (κ1) is 14.5. The number of benzene rings is 1. The van der Waals surface area contributed by atoms with Gasteiger partial charge in [0.05, 0.1) is 13.2 Å². The van der Waals surface area contributed by atoms with Gasteiger partial charge in [-0.05, 0) is 38.0 Å². The van der Waals surface area contributed by atoms with E-state index in [2.05, 4.69) is 26.1 Å². The molecule has 0 unspecified atom stereocenters. The smallest absolute Gasteiger partial charge is 0.0717 e. The summed E-state index contributed by atoms with van der Waals surface area (Å²) < 4.78 is 5.59. The van der Waals surface area contributed by atoms with Gasteiger partial charge in [-0.1, -0.05) is 30.7 Å². The molecule has 0 aliphatic carbocycles. The molecule has 0 aliphatic heterocycles. The van der Waals surface area contributed by atoms with Gasteiger partial charge in [0.1, 0.15) is 0 Å². The average Bonchev–Trinajstić information content (AvgIpc) is 2.31. The third-order valence-corrected chi connectivity index (χ3v) is 3.17. The van der Waals surface area contributed by atoms with Crippen molar-refractivity contribution in [3.63, 3.8) is 0 Å². The highest BCUT2D eigenvalue weighted by Crippen LogP contribution is 2.10. The van der Waals surface area contributed by atoms with Gasteiger partial charge in [0.25, 0.3) is 0 Å². The van der Waals surface area contributed by atoms with Gasteiger partial charge in [-0.2, -0.15) is 0 Å². The van der Waals surface area contributed by atoms with E-state index < -0.39 is 0 Å². The standard InChI is InChI=1S/C14H22ClNO/c1-4-14(2,3)16-9-10-17-11-12-5-7-13(15)8-6-12/h5-8,16H,4,9-11H2,1-3H3. The maximum absolute atomic E-state index is 5.81. The van der Waals surface area contributed by atoms with Crippen LogP contribution in [0, 0.1) is 0 Å². The zero-order valence-corrected chi connectivity index (χ0v) is 11.7. The molecule has 0 radical (unpaired) electrons. The van der Waals surface area contributed by atoms with Crippen LogP contribution >= 0.6 is 11.6 Å². The van der Waals surface area contributed by atoms with E-state index in [9.17, 15) is 0 Å². The highest BCUT2D eigenvalue weighted by Gasteiger charge is 2.12. The summed E-state index contributed by atoms with van der Waals surface area (Å²) in [5, 5.41) is 4.22. The van der Waals surface area contributed by atoms with Gasteiger partial charge in [-0.3, -0.25) is 0 Å². The summed E-state index contributed by atoms with van der Waals surface area (Å²) in [6.45, 7) is 8.84. The minimum absolute atomic E-state index is 0.198. The van der Waals surface area contributed by atoms with Crippen LogP contribution in [0.2, 0.25) is 5.02 Å². The van der Waals surface area contributed by atoms with Gasteiger partial charge in [0.2, 0.25) is 0 Å². The Morgan fingerprint density at radius 1 is 1.24 bits per heavy atom. The molecule has 0 amide bonds. The molecular weight excluding hydrogens is 234 g/mol. The molecule has 1 aromatic carbocycles. The van der Waals surface area contributed by atoms with Crippen LogP contribution < -0.4 is 5.32 Å². The summed E-state index contributed by atoms with van der Waals surface area (Å²) in [5.41, 5.74) is 1.35.